The van der Waals surface area contributed by atoms with E-state index in [0.29, 0.717) is 5.69 Å². The van der Waals surface area contributed by atoms with Gasteiger partial charge < -0.3 is 15.0 Å². The highest BCUT2D eigenvalue weighted by Crippen LogP contribution is 2.14. The van der Waals surface area contributed by atoms with Crippen molar-refractivity contribution < 1.29 is 14.7 Å². The van der Waals surface area contributed by atoms with Crippen LogP contribution in [0.1, 0.15) is 21.0 Å². The number of nitrogens with one attached hydrogen (secondary N) is 1. The van der Waals surface area contributed by atoms with Crippen molar-refractivity contribution in [3.8, 4) is 5.69 Å². The molecule has 3 aromatic rings. The zero-order valence-corrected chi connectivity index (χ0v) is 11.7. The van der Waals surface area contributed by atoms with Crippen LogP contribution in [0.2, 0.25) is 0 Å². The Bertz CT molecular complexity index is 844. The molecule has 1 amide bonds. The summed E-state index contributed by atoms with van der Waals surface area (Å²) in [4.78, 5) is 34.6. The van der Waals surface area contributed by atoms with E-state index in [4.69, 9.17) is 5.11 Å². The van der Waals surface area contributed by atoms with Crippen LogP contribution in [0.3, 0.4) is 0 Å². The van der Waals surface area contributed by atoms with Gasteiger partial charge in [0.05, 0.1) is 6.33 Å². The molecule has 0 radical (unpaired) electrons. The van der Waals surface area contributed by atoms with Gasteiger partial charge in [-0.1, -0.05) is 0 Å². The SMILES string of the molecule is O=C(O)c1nccnc1C(=O)Nc1ccc(-n2ccnc2)cc1. The van der Waals surface area contributed by atoms with Gasteiger partial charge >= 0.3 is 5.97 Å². The summed E-state index contributed by atoms with van der Waals surface area (Å²) in [5.74, 6) is -1.94. The molecule has 0 atom stereocenters. The van der Waals surface area contributed by atoms with Crippen LogP contribution in [0.25, 0.3) is 5.69 Å². The number of imidazole rings is 1. The summed E-state index contributed by atoms with van der Waals surface area (Å²) in [6.45, 7) is 0. The quantitative estimate of drug-likeness (QED) is 0.757. The predicted molar refractivity (Wildman–Crippen MR) is 80.5 cm³/mol. The largest absolute Gasteiger partial charge is 0.476 e. The Balaban J connectivity index is 1.80. The molecule has 2 heterocycles. The first kappa shape index (κ1) is 14.4. The summed E-state index contributed by atoms with van der Waals surface area (Å²) >= 11 is 0. The zero-order valence-electron chi connectivity index (χ0n) is 11.7. The maximum absolute atomic E-state index is 12.2. The Kier molecular flexibility index (Phi) is 3.79. The number of nitrogens with zero attached hydrogens (tertiary/aromatic N) is 4. The summed E-state index contributed by atoms with van der Waals surface area (Å²) in [6, 6.07) is 6.99. The van der Waals surface area contributed by atoms with Crippen LogP contribution in [0.15, 0.2) is 55.4 Å². The lowest BCUT2D eigenvalue weighted by Crippen LogP contribution is -2.19. The molecule has 2 aromatic heterocycles. The molecular formula is C15H11N5O3. The number of anilines is 1. The smallest absolute Gasteiger partial charge is 0.356 e. The molecule has 0 bridgehead atoms. The topological polar surface area (TPSA) is 110 Å². The van der Waals surface area contributed by atoms with Crippen molar-refractivity contribution in [1.82, 2.24) is 19.5 Å². The number of hydrogen-bond donors (Lipinski definition) is 2. The monoisotopic (exact) mass is 309 g/mol. The average Bonchev–Trinajstić information content (AvgIpc) is 3.10. The highest BCUT2D eigenvalue weighted by molar-refractivity contribution is 6.08. The van der Waals surface area contributed by atoms with Crippen LogP contribution >= 0.6 is 0 Å². The molecule has 0 fully saturated rings. The van der Waals surface area contributed by atoms with Crippen LogP contribution in [0.5, 0.6) is 0 Å². The number of carbonyl (C=O) groups is 2. The van der Waals surface area contributed by atoms with E-state index in [-0.39, 0.29) is 11.4 Å². The minimum Gasteiger partial charge on any atom is -0.476 e. The van der Waals surface area contributed by atoms with Crippen molar-refractivity contribution in [3.63, 3.8) is 0 Å². The predicted octanol–water partition coefficient (Wildman–Crippen LogP) is 1.61. The molecule has 0 aliphatic rings. The second-order valence-electron chi connectivity index (χ2n) is 4.53. The van der Waals surface area contributed by atoms with Gasteiger partial charge in [-0.05, 0) is 24.3 Å². The Morgan fingerprint density at radius 3 is 2.30 bits per heavy atom. The van der Waals surface area contributed by atoms with Gasteiger partial charge in [0.2, 0.25) is 0 Å². The number of carboxylic acids is 1. The molecule has 0 spiro atoms. The fourth-order valence-electron chi connectivity index (χ4n) is 1.98. The van der Waals surface area contributed by atoms with Gasteiger partial charge in [0.25, 0.3) is 5.91 Å². The van der Waals surface area contributed by atoms with Gasteiger partial charge in [-0.25, -0.2) is 19.7 Å². The van der Waals surface area contributed by atoms with Crippen LogP contribution in [-0.4, -0.2) is 36.5 Å². The highest BCUT2D eigenvalue weighted by Gasteiger charge is 2.19. The molecule has 8 heteroatoms. The van der Waals surface area contributed by atoms with Gasteiger partial charge in [0.15, 0.2) is 11.4 Å². The summed E-state index contributed by atoms with van der Waals surface area (Å²) in [6.07, 6.45) is 7.61. The van der Waals surface area contributed by atoms with E-state index in [2.05, 4.69) is 20.3 Å². The number of rotatable bonds is 4. The first-order chi connectivity index (χ1) is 11.1. The average molecular weight is 309 g/mol. The Hall–Kier alpha value is -3.55. The fraction of sp³-hybridized carbons (Fsp3) is 0. The second-order valence-corrected chi connectivity index (χ2v) is 4.53. The second kappa shape index (κ2) is 6.06. The standard InChI is InChI=1S/C15H11N5O3/c21-14(12-13(15(22)23)18-6-5-17-12)19-10-1-3-11(4-2-10)20-8-7-16-9-20/h1-9H,(H,19,21)(H,22,23). The number of carbonyl (C=O) groups excluding carboxylic acids is 1. The lowest BCUT2D eigenvalue weighted by molar-refractivity contribution is 0.0685. The Morgan fingerprint density at radius 2 is 1.70 bits per heavy atom. The molecule has 0 saturated carbocycles. The third kappa shape index (κ3) is 3.05. The number of benzene rings is 1. The minimum atomic E-state index is -1.31. The van der Waals surface area contributed by atoms with Gasteiger partial charge in [-0.15, -0.1) is 0 Å². The van der Waals surface area contributed by atoms with Crippen LogP contribution in [0.4, 0.5) is 5.69 Å². The fourth-order valence-corrected chi connectivity index (χ4v) is 1.98. The van der Waals surface area contributed by atoms with E-state index in [1.54, 1.807) is 43.0 Å². The molecule has 0 saturated heterocycles. The van der Waals surface area contributed by atoms with Crippen LogP contribution in [-0.2, 0) is 0 Å². The van der Waals surface area contributed by atoms with E-state index in [1.807, 2.05) is 4.57 Å². The number of amides is 1. The number of carboxylic acid groups (broad SMARTS) is 1. The van der Waals surface area contributed by atoms with Crippen molar-refractivity contribution in [2.75, 3.05) is 5.32 Å². The van der Waals surface area contributed by atoms with E-state index < -0.39 is 11.9 Å². The van der Waals surface area contributed by atoms with Gasteiger partial charge in [-0.2, -0.15) is 0 Å². The lowest BCUT2D eigenvalue weighted by Gasteiger charge is -2.07. The van der Waals surface area contributed by atoms with Crippen molar-refractivity contribution >= 4 is 17.6 Å². The van der Waals surface area contributed by atoms with E-state index in [1.165, 1.54) is 12.4 Å². The summed E-state index contributed by atoms with van der Waals surface area (Å²) in [7, 11) is 0. The normalized spacial score (nSPS) is 10.3. The van der Waals surface area contributed by atoms with Crippen LogP contribution in [0, 0.1) is 0 Å². The number of aromatic carboxylic acids is 1. The third-order valence-corrected chi connectivity index (χ3v) is 3.04. The number of aromatic nitrogens is 4. The van der Waals surface area contributed by atoms with E-state index >= 15 is 0 Å². The van der Waals surface area contributed by atoms with Crippen molar-refractivity contribution in [3.05, 3.63) is 66.8 Å². The molecule has 0 unspecified atom stereocenters. The molecule has 0 aliphatic heterocycles. The van der Waals surface area contributed by atoms with E-state index in [0.717, 1.165) is 5.69 Å². The summed E-state index contributed by atoms with van der Waals surface area (Å²) in [5, 5.41) is 11.6. The van der Waals surface area contributed by atoms with Gasteiger partial charge in [-0.3, -0.25) is 4.79 Å². The summed E-state index contributed by atoms with van der Waals surface area (Å²) in [5.41, 5.74) is 0.769. The molecule has 1 aromatic carbocycles. The zero-order chi connectivity index (χ0) is 16.2. The van der Waals surface area contributed by atoms with Gasteiger partial charge in [0, 0.05) is 36.2 Å². The van der Waals surface area contributed by atoms with Crippen LogP contribution < -0.4 is 5.32 Å². The summed E-state index contributed by atoms with van der Waals surface area (Å²) < 4.78 is 1.82. The van der Waals surface area contributed by atoms with E-state index in [9.17, 15) is 9.59 Å². The Morgan fingerprint density at radius 1 is 1.00 bits per heavy atom. The molecule has 114 valence electrons. The molecule has 0 aliphatic carbocycles. The molecule has 3 rings (SSSR count). The van der Waals surface area contributed by atoms with Crippen molar-refractivity contribution in [2.24, 2.45) is 0 Å². The molecular weight excluding hydrogens is 298 g/mol. The third-order valence-electron chi connectivity index (χ3n) is 3.04. The van der Waals surface area contributed by atoms with Crippen molar-refractivity contribution in [1.29, 1.82) is 0 Å². The molecule has 2 N–H and O–H groups in total. The van der Waals surface area contributed by atoms with Gasteiger partial charge in [0.1, 0.15) is 0 Å². The van der Waals surface area contributed by atoms with Crippen molar-refractivity contribution in [2.45, 2.75) is 0 Å². The minimum absolute atomic E-state index is 0.237. The number of hydrogen-bond acceptors (Lipinski definition) is 5. The first-order valence-corrected chi connectivity index (χ1v) is 6.59. The lowest BCUT2D eigenvalue weighted by atomic mass is 10.2. The maximum atomic E-state index is 12.2. The molecule has 23 heavy (non-hydrogen) atoms. The maximum Gasteiger partial charge on any atom is 0.356 e. The Labute approximate surface area is 130 Å². The highest BCUT2D eigenvalue weighted by atomic mass is 16.4. The first-order valence-electron chi connectivity index (χ1n) is 6.59. The molecule has 8 nitrogen and oxygen atoms in total.